The fourth-order valence-corrected chi connectivity index (χ4v) is 6.66. The molecule has 10 nitrogen and oxygen atoms in total. The number of nitrogens with one attached hydrogen (secondary N) is 1. The van der Waals surface area contributed by atoms with Crippen LogP contribution in [0.2, 0.25) is 0 Å². The molecule has 0 saturated heterocycles. The maximum Gasteiger partial charge on any atom is 0.253 e. The number of rotatable bonds is 11. The van der Waals surface area contributed by atoms with E-state index in [1.807, 2.05) is 59.3 Å². The highest BCUT2D eigenvalue weighted by atomic mass is 32.2. The van der Waals surface area contributed by atoms with E-state index in [0.717, 1.165) is 27.4 Å². The molecule has 1 atom stereocenters. The van der Waals surface area contributed by atoms with E-state index in [9.17, 15) is 9.59 Å². The average Bonchev–Trinajstić information content (AvgIpc) is 3.87. The van der Waals surface area contributed by atoms with E-state index in [4.69, 9.17) is 14.6 Å². The van der Waals surface area contributed by atoms with E-state index < -0.39 is 0 Å². The molecule has 0 radical (unpaired) electrons. The molecule has 0 spiro atoms. The Kier molecular flexibility index (Phi) is 9.46. The highest BCUT2D eigenvalue weighted by molar-refractivity contribution is 7.99. The van der Waals surface area contributed by atoms with Crippen molar-refractivity contribution < 1.29 is 19.1 Å². The summed E-state index contributed by atoms with van der Waals surface area (Å²) in [5, 5.41) is 20.7. The first-order valence-corrected chi connectivity index (χ1v) is 16.4. The summed E-state index contributed by atoms with van der Waals surface area (Å²) < 4.78 is 12.5. The number of benzene rings is 3. The van der Waals surface area contributed by atoms with E-state index in [2.05, 4.69) is 39.8 Å². The van der Waals surface area contributed by atoms with Gasteiger partial charge in [-0.2, -0.15) is 5.10 Å². The van der Waals surface area contributed by atoms with Crippen LogP contribution in [0.5, 0.6) is 11.5 Å². The van der Waals surface area contributed by atoms with Gasteiger partial charge in [0.15, 0.2) is 11.0 Å². The van der Waals surface area contributed by atoms with Crippen LogP contribution in [0.4, 0.5) is 0 Å². The zero-order valence-electron chi connectivity index (χ0n) is 25.5. The number of carbonyl (C=O) groups excluding carboxylic acids is 2. The monoisotopic (exact) mass is 652 g/mol. The van der Waals surface area contributed by atoms with E-state index in [-0.39, 0.29) is 30.2 Å². The van der Waals surface area contributed by atoms with Crippen LogP contribution in [-0.4, -0.2) is 57.3 Å². The molecule has 3 heterocycles. The number of nitrogens with zero attached hydrogens (tertiary/aromatic N) is 5. The lowest BCUT2D eigenvalue weighted by Crippen LogP contribution is -2.28. The second-order valence-electron chi connectivity index (χ2n) is 10.5. The molecule has 46 heavy (non-hydrogen) atoms. The summed E-state index contributed by atoms with van der Waals surface area (Å²) in [6.07, 6.45) is 0.642. The molecular weight excluding hydrogens is 621 g/mol. The Morgan fingerprint density at radius 1 is 0.957 bits per heavy atom. The lowest BCUT2D eigenvalue weighted by atomic mass is 10.00. The number of hydrogen-bond acceptors (Lipinski definition) is 9. The zero-order valence-corrected chi connectivity index (χ0v) is 27.2. The van der Waals surface area contributed by atoms with Crippen molar-refractivity contribution in [1.82, 2.24) is 25.1 Å². The summed E-state index contributed by atoms with van der Waals surface area (Å²) in [4.78, 5) is 27.9. The largest absolute Gasteiger partial charge is 0.497 e. The van der Waals surface area contributed by atoms with Gasteiger partial charge in [0, 0.05) is 23.7 Å². The van der Waals surface area contributed by atoms with Crippen LogP contribution >= 0.6 is 23.1 Å². The highest BCUT2D eigenvalue weighted by Gasteiger charge is 2.33. The van der Waals surface area contributed by atoms with Crippen LogP contribution in [0.3, 0.4) is 0 Å². The van der Waals surface area contributed by atoms with Crippen molar-refractivity contribution in [2.45, 2.75) is 31.1 Å². The number of aryl methyl sites for hydroxylation is 1. The molecule has 6 rings (SSSR count). The average molecular weight is 653 g/mol. The lowest BCUT2D eigenvalue weighted by molar-refractivity contribution is -0.130. The van der Waals surface area contributed by atoms with Crippen molar-refractivity contribution in [2.24, 2.45) is 5.10 Å². The van der Waals surface area contributed by atoms with E-state index in [1.165, 1.54) is 26.0 Å². The van der Waals surface area contributed by atoms with Gasteiger partial charge in [0.25, 0.3) is 11.8 Å². The number of carbonyl (C=O) groups is 2. The third kappa shape index (κ3) is 6.82. The Bertz CT molecular complexity index is 1830. The Morgan fingerprint density at radius 2 is 1.70 bits per heavy atom. The second-order valence-corrected chi connectivity index (χ2v) is 12.4. The lowest BCUT2D eigenvalue weighted by Gasteiger charge is -2.22. The van der Waals surface area contributed by atoms with Crippen molar-refractivity contribution in [1.29, 1.82) is 0 Å². The molecular formula is C34H32N6O4S2. The predicted molar refractivity (Wildman–Crippen MR) is 179 cm³/mol. The van der Waals surface area contributed by atoms with Crippen LogP contribution in [0, 0.1) is 6.92 Å². The van der Waals surface area contributed by atoms with Gasteiger partial charge in [0.05, 0.1) is 43.1 Å². The minimum Gasteiger partial charge on any atom is -0.497 e. The van der Waals surface area contributed by atoms with Crippen LogP contribution in [0.1, 0.15) is 44.6 Å². The van der Waals surface area contributed by atoms with Gasteiger partial charge in [-0.25, -0.2) is 5.01 Å². The number of ether oxygens (including phenoxy) is 2. The fourth-order valence-electron chi connectivity index (χ4n) is 5.12. The van der Waals surface area contributed by atoms with Gasteiger partial charge in [0.2, 0.25) is 0 Å². The quantitative estimate of drug-likeness (QED) is 0.173. The number of thioether (sulfide) groups is 1. The number of hydrogen-bond donors (Lipinski definition) is 1. The van der Waals surface area contributed by atoms with Crippen molar-refractivity contribution in [2.75, 3.05) is 20.0 Å². The second kappa shape index (κ2) is 14.0. The molecule has 1 aliphatic heterocycles. The summed E-state index contributed by atoms with van der Waals surface area (Å²) in [7, 11) is 3.06. The third-order valence-corrected chi connectivity index (χ3v) is 9.33. The van der Waals surface area contributed by atoms with Crippen LogP contribution in [-0.2, 0) is 11.3 Å². The standard InChI is InChI=1S/C34H32N6O4S2/c1-22-11-13-23(14-12-22)29-19-28(30-10-7-15-45-30)38-40(29)32(41)21-46-34-37-36-31(39(34)25-8-5-4-6-9-25)20-35-33(42)24-16-26(43-2)18-27(17-24)44-3/h4-18,29H,19-21H2,1-3H3,(H,35,42). The molecule has 2 amide bonds. The van der Waals surface area contributed by atoms with Crippen molar-refractivity contribution in [3.63, 3.8) is 0 Å². The van der Waals surface area contributed by atoms with Crippen LogP contribution in [0.25, 0.3) is 5.69 Å². The first kappa shape index (κ1) is 31.1. The Morgan fingerprint density at radius 3 is 2.37 bits per heavy atom. The SMILES string of the molecule is COc1cc(OC)cc(C(=O)NCc2nnc(SCC(=O)N3N=C(c4cccs4)CC3c3ccc(C)cc3)n2-c2ccccc2)c1. The summed E-state index contributed by atoms with van der Waals surface area (Å²) in [5.41, 5.74) is 4.30. The molecule has 234 valence electrons. The number of para-hydroxylation sites is 1. The van der Waals surface area contributed by atoms with Gasteiger partial charge in [0.1, 0.15) is 11.5 Å². The molecule has 3 aromatic carbocycles. The summed E-state index contributed by atoms with van der Waals surface area (Å²) in [6.45, 7) is 2.15. The highest BCUT2D eigenvalue weighted by Crippen LogP contribution is 2.35. The normalized spacial score (nSPS) is 14.2. The van der Waals surface area contributed by atoms with Gasteiger partial charge in [-0.05, 0) is 48.2 Å². The van der Waals surface area contributed by atoms with Crippen LogP contribution < -0.4 is 14.8 Å². The molecule has 0 bridgehead atoms. The molecule has 0 fully saturated rings. The smallest absolute Gasteiger partial charge is 0.253 e. The molecule has 1 unspecified atom stereocenters. The van der Waals surface area contributed by atoms with E-state index in [1.54, 1.807) is 34.5 Å². The van der Waals surface area contributed by atoms with Crippen LogP contribution in [0.15, 0.2) is 101 Å². The molecule has 5 aromatic rings. The van der Waals surface area contributed by atoms with E-state index in [0.29, 0.717) is 34.5 Å². The maximum absolute atomic E-state index is 13.8. The number of amides is 2. The van der Waals surface area contributed by atoms with Gasteiger partial charge >= 0.3 is 0 Å². The van der Waals surface area contributed by atoms with Gasteiger partial charge in [-0.3, -0.25) is 14.2 Å². The Labute approximate surface area is 275 Å². The first-order valence-electron chi connectivity index (χ1n) is 14.6. The summed E-state index contributed by atoms with van der Waals surface area (Å²) in [5.74, 6) is 1.18. The zero-order chi connectivity index (χ0) is 32.0. The molecule has 12 heteroatoms. The number of thiophene rings is 1. The van der Waals surface area contributed by atoms with Crippen molar-refractivity contribution >= 4 is 40.6 Å². The van der Waals surface area contributed by atoms with Crippen molar-refractivity contribution in [3.8, 4) is 17.2 Å². The molecule has 0 saturated carbocycles. The third-order valence-electron chi connectivity index (χ3n) is 7.49. The van der Waals surface area contributed by atoms with Gasteiger partial charge < -0.3 is 14.8 Å². The topological polar surface area (TPSA) is 111 Å². The number of hydrazone groups is 1. The van der Waals surface area contributed by atoms with E-state index >= 15 is 0 Å². The summed E-state index contributed by atoms with van der Waals surface area (Å²) in [6, 6.07) is 26.7. The molecule has 0 aliphatic carbocycles. The minimum atomic E-state index is -0.320. The van der Waals surface area contributed by atoms with Gasteiger partial charge in [-0.15, -0.1) is 21.5 Å². The first-order chi connectivity index (χ1) is 22.4. The fraction of sp³-hybridized carbons (Fsp3) is 0.206. The summed E-state index contributed by atoms with van der Waals surface area (Å²) >= 11 is 2.90. The Hall–Kier alpha value is -4.94. The number of methoxy groups -OCH3 is 2. The predicted octanol–water partition coefficient (Wildman–Crippen LogP) is 6.05. The number of aromatic nitrogens is 3. The maximum atomic E-state index is 13.8. The molecule has 1 N–H and O–H groups in total. The molecule has 2 aromatic heterocycles. The molecule has 1 aliphatic rings. The Balaban J connectivity index is 1.22. The van der Waals surface area contributed by atoms with Crippen molar-refractivity contribution in [3.05, 3.63) is 118 Å². The van der Waals surface area contributed by atoms with Gasteiger partial charge in [-0.1, -0.05) is 65.9 Å². The minimum absolute atomic E-state index is 0.102.